The van der Waals surface area contributed by atoms with Crippen LogP contribution in [-0.4, -0.2) is 18.7 Å². The molecule has 2 fully saturated rings. The SMILES string of the molecule is C/C=C/CCc1ccc(C2CCC(C(=O)OC3CCC(c4ccc(-c5ccc(OCC)c(F)c5F)c(F)c4F)CC3)CC2)c(F)c1F. The number of carbonyl (C=O) groups is 1. The second-order valence-corrected chi connectivity index (χ2v) is 12.5. The molecule has 0 amide bonds. The molecule has 0 aromatic heterocycles. The molecule has 0 N–H and O–H groups in total. The Morgan fingerprint density at radius 2 is 1.26 bits per heavy atom. The van der Waals surface area contributed by atoms with Crippen molar-refractivity contribution in [3.05, 3.63) is 100 Å². The van der Waals surface area contributed by atoms with Crippen molar-refractivity contribution in [3.63, 3.8) is 0 Å². The Morgan fingerprint density at radius 1 is 0.702 bits per heavy atom. The van der Waals surface area contributed by atoms with Gasteiger partial charge in [-0.1, -0.05) is 36.4 Å². The highest BCUT2D eigenvalue weighted by atomic mass is 19.2. The molecule has 2 aliphatic carbocycles. The number of rotatable bonds is 10. The summed E-state index contributed by atoms with van der Waals surface area (Å²) in [5.41, 5.74) is 0.0845. The van der Waals surface area contributed by atoms with E-state index in [9.17, 15) is 22.4 Å². The van der Waals surface area contributed by atoms with Crippen molar-refractivity contribution < 1.29 is 40.6 Å². The lowest BCUT2D eigenvalue weighted by molar-refractivity contribution is -0.157. The summed E-state index contributed by atoms with van der Waals surface area (Å²) >= 11 is 0. The molecular weight excluding hydrogens is 618 g/mol. The van der Waals surface area contributed by atoms with E-state index in [1.165, 1.54) is 18.2 Å². The lowest BCUT2D eigenvalue weighted by atomic mass is 9.78. The predicted octanol–water partition coefficient (Wildman–Crippen LogP) is 10.6. The topological polar surface area (TPSA) is 35.5 Å². The maximum absolute atomic E-state index is 15.3. The fourth-order valence-electron chi connectivity index (χ4n) is 7.01. The van der Waals surface area contributed by atoms with Gasteiger partial charge in [-0.2, -0.15) is 4.39 Å². The van der Waals surface area contributed by atoms with Gasteiger partial charge in [0.25, 0.3) is 0 Å². The van der Waals surface area contributed by atoms with E-state index in [-0.39, 0.29) is 53.3 Å². The molecule has 47 heavy (non-hydrogen) atoms. The highest BCUT2D eigenvalue weighted by Gasteiger charge is 2.34. The number of esters is 1. The van der Waals surface area contributed by atoms with Crippen LogP contribution in [0, 0.1) is 40.8 Å². The molecule has 0 radical (unpaired) electrons. The first-order chi connectivity index (χ1) is 22.6. The summed E-state index contributed by atoms with van der Waals surface area (Å²) in [6, 6.07) is 8.34. The van der Waals surface area contributed by atoms with Gasteiger partial charge in [-0.05, 0) is 119 Å². The normalized spacial score (nSPS) is 21.6. The summed E-state index contributed by atoms with van der Waals surface area (Å²) in [7, 11) is 0. The molecule has 3 nitrogen and oxygen atoms in total. The fourth-order valence-corrected chi connectivity index (χ4v) is 7.01. The zero-order chi connectivity index (χ0) is 33.7. The number of halogens is 6. The molecule has 0 bridgehead atoms. The van der Waals surface area contributed by atoms with Gasteiger partial charge in [0.05, 0.1) is 12.5 Å². The van der Waals surface area contributed by atoms with E-state index < -0.39 is 40.5 Å². The molecule has 3 aromatic rings. The molecule has 3 aromatic carbocycles. The van der Waals surface area contributed by atoms with Crippen molar-refractivity contribution in [1.29, 1.82) is 0 Å². The summed E-state index contributed by atoms with van der Waals surface area (Å²) in [4.78, 5) is 13.0. The van der Waals surface area contributed by atoms with Gasteiger partial charge in [-0.25, -0.2) is 22.0 Å². The molecule has 0 spiro atoms. The minimum absolute atomic E-state index is 0.120. The Morgan fingerprint density at radius 3 is 1.87 bits per heavy atom. The zero-order valence-corrected chi connectivity index (χ0v) is 26.7. The number of carbonyl (C=O) groups excluding carboxylic acids is 1. The van der Waals surface area contributed by atoms with Gasteiger partial charge < -0.3 is 9.47 Å². The van der Waals surface area contributed by atoms with Crippen LogP contribution in [0.4, 0.5) is 26.3 Å². The third-order valence-electron chi connectivity index (χ3n) is 9.65. The molecule has 0 heterocycles. The summed E-state index contributed by atoms with van der Waals surface area (Å²) in [6.07, 6.45) is 8.49. The maximum Gasteiger partial charge on any atom is 0.309 e. The maximum atomic E-state index is 15.3. The summed E-state index contributed by atoms with van der Waals surface area (Å²) in [6.45, 7) is 3.62. The van der Waals surface area contributed by atoms with E-state index in [0.29, 0.717) is 75.3 Å². The number of ether oxygens (including phenoxy) is 2. The van der Waals surface area contributed by atoms with Crippen LogP contribution >= 0.6 is 0 Å². The number of allylic oxidation sites excluding steroid dienone is 2. The third-order valence-corrected chi connectivity index (χ3v) is 9.65. The minimum atomic E-state index is -1.32. The second kappa shape index (κ2) is 15.4. The monoisotopic (exact) mass is 658 g/mol. The standard InChI is InChI=1S/C38H40F6O3/c1-3-5-6-7-24-14-17-27(33(40)32(24)39)22-8-10-25(11-9-22)38(45)47-26-15-12-23(13-16-26)28-18-19-29(35(42)34(28)41)30-20-21-31(46-4-2)37(44)36(30)43/h3,5,14,17-23,25-26H,4,6-13,15-16H2,1-2H3/b5-3+. The van der Waals surface area contributed by atoms with E-state index in [1.54, 1.807) is 19.1 Å². The quantitative estimate of drug-likeness (QED) is 0.124. The van der Waals surface area contributed by atoms with Crippen molar-refractivity contribution in [2.24, 2.45) is 5.92 Å². The second-order valence-electron chi connectivity index (χ2n) is 12.5. The van der Waals surface area contributed by atoms with Gasteiger partial charge in [-0.15, -0.1) is 0 Å². The molecular formula is C38H40F6O3. The predicted molar refractivity (Wildman–Crippen MR) is 168 cm³/mol. The molecule has 9 heteroatoms. The zero-order valence-electron chi connectivity index (χ0n) is 26.7. The van der Waals surface area contributed by atoms with Gasteiger partial charge in [0.15, 0.2) is 34.8 Å². The van der Waals surface area contributed by atoms with E-state index in [1.807, 2.05) is 19.1 Å². The highest BCUT2D eigenvalue weighted by molar-refractivity contribution is 5.72. The van der Waals surface area contributed by atoms with Gasteiger partial charge >= 0.3 is 5.97 Å². The molecule has 2 saturated carbocycles. The molecule has 0 saturated heterocycles. The number of hydrogen-bond acceptors (Lipinski definition) is 3. The minimum Gasteiger partial charge on any atom is -0.491 e. The van der Waals surface area contributed by atoms with Gasteiger partial charge in [0.1, 0.15) is 6.10 Å². The van der Waals surface area contributed by atoms with Gasteiger partial charge in [-0.3, -0.25) is 4.79 Å². The smallest absolute Gasteiger partial charge is 0.309 e. The Bertz CT molecular complexity index is 1600. The first-order valence-corrected chi connectivity index (χ1v) is 16.5. The Labute approximate surface area is 272 Å². The van der Waals surface area contributed by atoms with E-state index in [0.717, 1.165) is 6.07 Å². The van der Waals surface area contributed by atoms with Crippen molar-refractivity contribution in [2.75, 3.05) is 6.61 Å². The van der Waals surface area contributed by atoms with E-state index >= 15 is 8.78 Å². The largest absolute Gasteiger partial charge is 0.491 e. The molecule has 5 rings (SSSR count). The van der Waals surface area contributed by atoms with Crippen LogP contribution in [0.5, 0.6) is 5.75 Å². The summed E-state index contributed by atoms with van der Waals surface area (Å²) in [5.74, 6) is -7.97. The number of aryl methyl sites for hydroxylation is 1. The van der Waals surface area contributed by atoms with Gasteiger partial charge in [0.2, 0.25) is 5.82 Å². The van der Waals surface area contributed by atoms with Crippen LogP contribution in [0.3, 0.4) is 0 Å². The first kappa shape index (κ1) is 34.6. The van der Waals surface area contributed by atoms with Crippen LogP contribution in [0.1, 0.15) is 100 Å². The van der Waals surface area contributed by atoms with Crippen LogP contribution in [0.2, 0.25) is 0 Å². The van der Waals surface area contributed by atoms with E-state index in [4.69, 9.17) is 9.47 Å². The summed E-state index contributed by atoms with van der Waals surface area (Å²) in [5, 5.41) is 0. The van der Waals surface area contributed by atoms with Gasteiger partial charge in [0, 0.05) is 11.1 Å². The Balaban J connectivity index is 1.14. The third kappa shape index (κ3) is 7.54. The Hall–Kier alpha value is -3.75. The molecule has 0 atom stereocenters. The molecule has 0 aliphatic heterocycles. The lowest BCUT2D eigenvalue weighted by Gasteiger charge is -2.32. The van der Waals surface area contributed by atoms with Crippen LogP contribution in [0.25, 0.3) is 11.1 Å². The molecule has 2 aliphatic rings. The van der Waals surface area contributed by atoms with Crippen LogP contribution in [-0.2, 0) is 16.0 Å². The average Bonchev–Trinajstić information content (AvgIpc) is 3.07. The summed E-state index contributed by atoms with van der Waals surface area (Å²) < 4.78 is 99.9. The fraction of sp³-hybridized carbons (Fsp3) is 0.447. The van der Waals surface area contributed by atoms with Crippen molar-refractivity contribution in [3.8, 4) is 16.9 Å². The van der Waals surface area contributed by atoms with Crippen LogP contribution in [0.15, 0.2) is 48.6 Å². The highest BCUT2D eigenvalue weighted by Crippen LogP contribution is 2.41. The number of benzene rings is 3. The average molecular weight is 659 g/mol. The first-order valence-electron chi connectivity index (χ1n) is 16.5. The Kier molecular flexibility index (Phi) is 11.4. The van der Waals surface area contributed by atoms with Crippen molar-refractivity contribution in [1.82, 2.24) is 0 Å². The molecule has 0 unspecified atom stereocenters. The lowest BCUT2D eigenvalue weighted by Crippen LogP contribution is -2.30. The van der Waals surface area contributed by atoms with Crippen molar-refractivity contribution in [2.45, 2.75) is 96.0 Å². The van der Waals surface area contributed by atoms with Crippen LogP contribution < -0.4 is 4.74 Å². The van der Waals surface area contributed by atoms with E-state index in [2.05, 4.69) is 0 Å². The van der Waals surface area contributed by atoms with Crippen molar-refractivity contribution >= 4 is 5.97 Å². The molecule has 252 valence electrons. The number of hydrogen-bond donors (Lipinski definition) is 0.